The zero-order chi connectivity index (χ0) is 19.0. The Bertz CT molecular complexity index is 1090. The molecule has 0 amide bonds. The minimum absolute atomic E-state index is 0.0781. The quantitative estimate of drug-likeness (QED) is 0.371. The number of esters is 1. The molecule has 27 heavy (non-hydrogen) atoms. The van der Waals surface area contributed by atoms with Gasteiger partial charge in [0.25, 0.3) is 5.56 Å². The van der Waals surface area contributed by atoms with Crippen LogP contribution in [0.1, 0.15) is 16.9 Å². The van der Waals surface area contributed by atoms with Gasteiger partial charge in [-0.3, -0.25) is 14.2 Å². The predicted molar refractivity (Wildman–Crippen MR) is 107 cm³/mol. The molecule has 2 aromatic heterocycles. The number of carbonyl (C=O) groups excluding carboxylic acids is 1. The number of aromatic nitrogens is 2. The summed E-state index contributed by atoms with van der Waals surface area (Å²) in [5.41, 5.74) is 1.63. The highest BCUT2D eigenvalue weighted by Crippen LogP contribution is 2.36. The van der Waals surface area contributed by atoms with Crippen LogP contribution in [0.2, 0.25) is 0 Å². The Morgan fingerprint density at radius 2 is 2.11 bits per heavy atom. The number of hydrogen-bond donors (Lipinski definition) is 0. The highest BCUT2D eigenvalue weighted by Gasteiger charge is 2.25. The van der Waals surface area contributed by atoms with E-state index in [1.807, 2.05) is 18.2 Å². The molecule has 4 rings (SSSR count). The molecule has 1 aliphatic rings. The Labute approximate surface area is 164 Å². The van der Waals surface area contributed by atoms with Gasteiger partial charge in [-0.15, -0.1) is 11.3 Å². The topological polar surface area (TPSA) is 70.4 Å². The predicted octanol–water partition coefficient (Wildman–Crippen LogP) is 3.21. The summed E-state index contributed by atoms with van der Waals surface area (Å²) in [5.74, 6) is 0.288. The zero-order valence-corrected chi connectivity index (χ0v) is 16.6. The van der Waals surface area contributed by atoms with Gasteiger partial charge in [0.05, 0.1) is 31.0 Å². The van der Waals surface area contributed by atoms with E-state index in [0.717, 1.165) is 29.7 Å². The third kappa shape index (κ3) is 3.12. The summed E-state index contributed by atoms with van der Waals surface area (Å²) >= 11 is 2.78. The fourth-order valence-electron chi connectivity index (χ4n) is 3.33. The summed E-state index contributed by atoms with van der Waals surface area (Å²) < 4.78 is 11.7. The first kappa shape index (κ1) is 18.1. The van der Waals surface area contributed by atoms with Crippen LogP contribution in [0.25, 0.3) is 15.9 Å². The molecule has 140 valence electrons. The van der Waals surface area contributed by atoms with E-state index in [2.05, 4.69) is 0 Å². The Balaban J connectivity index is 1.97. The van der Waals surface area contributed by atoms with Crippen LogP contribution in [-0.2, 0) is 22.4 Å². The summed E-state index contributed by atoms with van der Waals surface area (Å²) in [6.07, 6.45) is 2.98. The SMILES string of the molecule is COC(=O)CSc1nc2sc3c(c2c(=O)n1-c1ccccc1OC)CCC3. The van der Waals surface area contributed by atoms with Crippen LogP contribution in [0.3, 0.4) is 0 Å². The lowest BCUT2D eigenvalue weighted by Gasteiger charge is -2.15. The van der Waals surface area contributed by atoms with Gasteiger partial charge in [-0.1, -0.05) is 23.9 Å². The van der Waals surface area contributed by atoms with Crippen LogP contribution in [0.5, 0.6) is 5.75 Å². The average molecular weight is 402 g/mol. The number of nitrogens with zero attached hydrogens (tertiary/aromatic N) is 2. The van der Waals surface area contributed by atoms with Gasteiger partial charge in [0.15, 0.2) is 5.16 Å². The molecular formula is C19H18N2O4S2. The van der Waals surface area contributed by atoms with Crippen LogP contribution >= 0.6 is 23.1 Å². The second kappa shape index (κ2) is 7.36. The molecular weight excluding hydrogens is 384 g/mol. The fraction of sp³-hybridized carbons (Fsp3) is 0.316. The molecule has 0 spiro atoms. The second-order valence-corrected chi connectivity index (χ2v) is 8.14. The van der Waals surface area contributed by atoms with E-state index in [-0.39, 0.29) is 17.3 Å². The summed E-state index contributed by atoms with van der Waals surface area (Å²) in [7, 11) is 2.91. The summed E-state index contributed by atoms with van der Waals surface area (Å²) in [6, 6.07) is 7.32. The number of fused-ring (bicyclic) bond motifs is 3. The summed E-state index contributed by atoms with van der Waals surface area (Å²) in [5, 5.41) is 1.16. The molecule has 0 bridgehead atoms. The molecule has 0 atom stereocenters. The summed E-state index contributed by atoms with van der Waals surface area (Å²) in [4.78, 5) is 31.9. The number of aryl methyl sites for hydroxylation is 2. The van der Waals surface area contributed by atoms with Crippen LogP contribution < -0.4 is 10.3 Å². The minimum Gasteiger partial charge on any atom is -0.495 e. The maximum atomic E-state index is 13.5. The number of benzene rings is 1. The maximum Gasteiger partial charge on any atom is 0.316 e. The highest BCUT2D eigenvalue weighted by molar-refractivity contribution is 7.99. The van der Waals surface area contributed by atoms with Gasteiger partial charge >= 0.3 is 5.97 Å². The number of hydrogen-bond acceptors (Lipinski definition) is 7. The Morgan fingerprint density at radius 1 is 1.30 bits per heavy atom. The number of rotatable bonds is 5. The lowest BCUT2D eigenvalue weighted by Crippen LogP contribution is -2.23. The van der Waals surface area contributed by atoms with Crippen molar-refractivity contribution in [3.63, 3.8) is 0 Å². The van der Waals surface area contributed by atoms with E-state index in [4.69, 9.17) is 14.5 Å². The van der Waals surface area contributed by atoms with Crippen molar-refractivity contribution in [1.82, 2.24) is 9.55 Å². The lowest BCUT2D eigenvalue weighted by molar-refractivity contribution is -0.137. The lowest BCUT2D eigenvalue weighted by atomic mass is 10.2. The fourth-order valence-corrected chi connectivity index (χ4v) is 5.47. The Morgan fingerprint density at radius 3 is 2.89 bits per heavy atom. The molecule has 1 aromatic carbocycles. The maximum absolute atomic E-state index is 13.5. The van der Waals surface area contributed by atoms with Crippen LogP contribution in [-0.4, -0.2) is 35.5 Å². The van der Waals surface area contributed by atoms with Crippen molar-refractivity contribution in [3.05, 3.63) is 45.1 Å². The molecule has 0 fully saturated rings. The van der Waals surface area contributed by atoms with E-state index in [1.165, 1.54) is 23.7 Å². The third-order valence-corrected chi connectivity index (χ3v) is 6.68. The van der Waals surface area contributed by atoms with Crippen LogP contribution in [0.15, 0.2) is 34.2 Å². The molecule has 2 heterocycles. The molecule has 0 aliphatic heterocycles. The highest BCUT2D eigenvalue weighted by atomic mass is 32.2. The summed E-state index contributed by atoms with van der Waals surface area (Å²) in [6.45, 7) is 0. The van der Waals surface area contributed by atoms with E-state index >= 15 is 0 Å². The van der Waals surface area contributed by atoms with E-state index < -0.39 is 0 Å². The van der Waals surface area contributed by atoms with E-state index in [0.29, 0.717) is 22.0 Å². The zero-order valence-electron chi connectivity index (χ0n) is 15.0. The number of carbonyl (C=O) groups is 1. The van der Waals surface area contributed by atoms with Gasteiger partial charge in [0.1, 0.15) is 10.6 Å². The smallest absolute Gasteiger partial charge is 0.316 e. The monoisotopic (exact) mass is 402 g/mol. The number of thiophene rings is 1. The minimum atomic E-state index is -0.366. The molecule has 1 aliphatic carbocycles. The Hall–Kier alpha value is -2.32. The third-order valence-electron chi connectivity index (χ3n) is 4.58. The van der Waals surface area contributed by atoms with Gasteiger partial charge in [0, 0.05) is 4.88 Å². The van der Waals surface area contributed by atoms with Crippen molar-refractivity contribution in [2.45, 2.75) is 24.4 Å². The first-order chi connectivity index (χ1) is 13.1. The van der Waals surface area contributed by atoms with Crippen molar-refractivity contribution < 1.29 is 14.3 Å². The molecule has 3 aromatic rings. The molecule has 0 radical (unpaired) electrons. The molecule has 0 N–H and O–H groups in total. The van der Waals surface area contributed by atoms with Gasteiger partial charge in [0.2, 0.25) is 0 Å². The number of thioether (sulfide) groups is 1. The molecule has 0 saturated carbocycles. The molecule has 6 nitrogen and oxygen atoms in total. The standard InChI is InChI=1S/C19H18N2O4S2/c1-24-13-8-4-3-7-12(13)21-18(23)16-11-6-5-9-14(11)27-17(16)20-19(21)26-10-15(22)25-2/h3-4,7-8H,5-6,9-10H2,1-2H3. The molecule has 0 saturated heterocycles. The van der Waals surface area contributed by atoms with Gasteiger partial charge in [-0.05, 0) is 37.0 Å². The largest absolute Gasteiger partial charge is 0.495 e. The van der Waals surface area contributed by atoms with Crippen molar-refractivity contribution in [3.8, 4) is 11.4 Å². The van der Waals surface area contributed by atoms with Crippen molar-refractivity contribution in [1.29, 1.82) is 0 Å². The number of para-hydroxylation sites is 2. The van der Waals surface area contributed by atoms with Crippen molar-refractivity contribution in [2.24, 2.45) is 0 Å². The van der Waals surface area contributed by atoms with Crippen LogP contribution in [0, 0.1) is 0 Å². The number of ether oxygens (including phenoxy) is 2. The van der Waals surface area contributed by atoms with Gasteiger partial charge in [-0.25, -0.2) is 4.98 Å². The Kier molecular flexibility index (Phi) is 4.92. The van der Waals surface area contributed by atoms with E-state index in [1.54, 1.807) is 29.1 Å². The molecule has 0 unspecified atom stereocenters. The molecule has 8 heteroatoms. The first-order valence-corrected chi connectivity index (χ1v) is 10.3. The number of methoxy groups -OCH3 is 2. The van der Waals surface area contributed by atoms with Crippen molar-refractivity contribution >= 4 is 39.3 Å². The average Bonchev–Trinajstić information content (AvgIpc) is 3.26. The second-order valence-electron chi connectivity index (χ2n) is 6.11. The first-order valence-electron chi connectivity index (χ1n) is 8.54. The van der Waals surface area contributed by atoms with Gasteiger partial charge in [-0.2, -0.15) is 0 Å². The van der Waals surface area contributed by atoms with Crippen LogP contribution in [0.4, 0.5) is 0 Å². The van der Waals surface area contributed by atoms with E-state index in [9.17, 15) is 9.59 Å². The van der Waals surface area contributed by atoms with Gasteiger partial charge < -0.3 is 9.47 Å². The van der Waals surface area contributed by atoms with Crippen molar-refractivity contribution in [2.75, 3.05) is 20.0 Å². The normalized spacial score (nSPS) is 13.0.